The lowest BCUT2D eigenvalue weighted by Gasteiger charge is -1.96. The van der Waals surface area contributed by atoms with E-state index in [-0.39, 0.29) is 11.6 Å². The number of tetrazole rings is 1. The fourth-order valence-corrected chi connectivity index (χ4v) is 3.09. The van der Waals surface area contributed by atoms with Crippen molar-refractivity contribution in [3.8, 4) is 22.0 Å². The van der Waals surface area contributed by atoms with Gasteiger partial charge in [-0.15, -0.1) is 21.5 Å². The van der Waals surface area contributed by atoms with Crippen molar-refractivity contribution in [3.05, 3.63) is 71.2 Å². The van der Waals surface area contributed by atoms with Crippen molar-refractivity contribution < 1.29 is 8.78 Å². The Kier molecular flexibility index (Phi) is 4.02. The van der Waals surface area contributed by atoms with E-state index >= 15 is 0 Å². The number of aromatic nitrogens is 5. The lowest BCUT2D eigenvalue weighted by Crippen LogP contribution is -2.04. The summed E-state index contributed by atoms with van der Waals surface area (Å²) in [6, 6.07) is 12.1. The van der Waals surface area contributed by atoms with Crippen LogP contribution in [0.3, 0.4) is 0 Å². The Bertz CT molecular complexity index is 911. The van der Waals surface area contributed by atoms with Crippen molar-refractivity contribution in [3.63, 3.8) is 0 Å². The topological polar surface area (TPSA) is 56.5 Å². The summed E-state index contributed by atoms with van der Waals surface area (Å²) in [7, 11) is 0. The van der Waals surface area contributed by atoms with Gasteiger partial charge in [-0.2, -0.15) is 4.80 Å². The highest BCUT2D eigenvalue weighted by molar-refractivity contribution is 7.13. The number of rotatable bonds is 4. The Labute approximate surface area is 145 Å². The summed E-state index contributed by atoms with van der Waals surface area (Å²) in [5.74, 6) is -0.165. The average molecular weight is 355 g/mol. The zero-order valence-electron chi connectivity index (χ0n) is 12.8. The highest BCUT2D eigenvalue weighted by atomic mass is 32.1. The summed E-state index contributed by atoms with van der Waals surface area (Å²) in [6.07, 6.45) is 0. The number of hydrogen-bond donors (Lipinski definition) is 0. The average Bonchev–Trinajstić information content (AvgIpc) is 3.27. The molecule has 2 heterocycles. The molecule has 0 saturated carbocycles. The first-order valence-electron chi connectivity index (χ1n) is 7.41. The third kappa shape index (κ3) is 3.43. The lowest BCUT2D eigenvalue weighted by molar-refractivity contribution is 0.566. The predicted molar refractivity (Wildman–Crippen MR) is 89.8 cm³/mol. The summed E-state index contributed by atoms with van der Waals surface area (Å²) in [5.41, 5.74) is 2.33. The SMILES string of the molecule is Fc1ccc(-c2nnn(Cc3csc(-c4ccc(F)cc4)n3)n2)cc1. The number of benzene rings is 2. The molecule has 2 aromatic heterocycles. The third-order valence-electron chi connectivity index (χ3n) is 3.50. The van der Waals surface area contributed by atoms with E-state index in [4.69, 9.17) is 0 Å². The molecule has 0 unspecified atom stereocenters. The van der Waals surface area contributed by atoms with Gasteiger partial charge in [0, 0.05) is 16.5 Å². The van der Waals surface area contributed by atoms with E-state index in [9.17, 15) is 8.78 Å². The number of nitrogens with zero attached hydrogens (tertiary/aromatic N) is 5. The molecule has 0 fully saturated rings. The quantitative estimate of drug-likeness (QED) is 0.559. The van der Waals surface area contributed by atoms with Gasteiger partial charge in [0.05, 0.1) is 5.69 Å². The monoisotopic (exact) mass is 355 g/mol. The lowest BCUT2D eigenvalue weighted by atomic mass is 10.2. The van der Waals surface area contributed by atoms with E-state index in [1.54, 1.807) is 24.3 Å². The molecule has 0 atom stereocenters. The molecule has 4 aromatic rings. The molecular formula is C17H11F2N5S. The van der Waals surface area contributed by atoms with E-state index in [0.717, 1.165) is 16.3 Å². The molecule has 0 N–H and O–H groups in total. The molecule has 0 amide bonds. The third-order valence-corrected chi connectivity index (χ3v) is 4.44. The second kappa shape index (κ2) is 6.48. The maximum Gasteiger partial charge on any atom is 0.204 e. The molecule has 0 spiro atoms. The first-order chi connectivity index (χ1) is 12.2. The van der Waals surface area contributed by atoms with Crippen molar-refractivity contribution >= 4 is 11.3 Å². The molecular weight excluding hydrogens is 344 g/mol. The molecule has 2 aromatic carbocycles. The summed E-state index contributed by atoms with van der Waals surface area (Å²) >= 11 is 1.47. The normalized spacial score (nSPS) is 11.0. The van der Waals surface area contributed by atoms with E-state index in [1.807, 2.05) is 5.38 Å². The van der Waals surface area contributed by atoms with Gasteiger partial charge in [-0.25, -0.2) is 13.8 Å². The maximum absolute atomic E-state index is 13.0. The molecule has 0 bridgehead atoms. The van der Waals surface area contributed by atoms with Crippen molar-refractivity contribution in [2.24, 2.45) is 0 Å². The maximum atomic E-state index is 13.0. The Balaban J connectivity index is 1.51. The van der Waals surface area contributed by atoms with Crippen LogP contribution in [0.4, 0.5) is 8.78 Å². The van der Waals surface area contributed by atoms with Gasteiger partial charge in [0.1, 0.15) is 23.2 Å². The van der Waals surface area contributed by atoms with Gasteiger partial charge >= 0.3 is 0 Å². The van der Waals surface area contributed by atoms with E-state index < -0.39 is 0 Å². The molecule has 0 aliphatic heterocycles. The molecule has 0 saturated heterocycles. The zero-order valence-corrected chi connectivity index (χ0v) is 13.6. The van der Waals surface area contributed by atoms with Crippen LogP contribution in [0.15, 0.2) is 53.9 Å². The van der Waals surface area contributed by atoms with E-state index in [1.165, 1.54) is 40.4 Å². The Morgan fingerprint density at radius 1 is 0.880 bits per heavy atom. The Morgan fingerprint density at radius 2 is 1.52 bits per heavy atom. The largest absolute Gasteiger partial charge is 0.239 e. The Hall–Kier alpha value is -3.00. The van der Waals surface area contributed by atoms with Crippen LogP contribution in [0.2, 0.25) is 0 Å². The van der Waals surface area contributed by atoms with E-state index in [0.29, 0.717) is 17.9 Å². The van der Waals surface area contributed by atoms with Crippen LogP contribution in [-0.4, -0.2) is 25.2 Å². The van der Waals surface area contributed by atoms with E-state index in [2.05, 4.69) is 20.4 Å². The first-order valence-corrected chi connectivity index (χ1v) is 8.29. The Morgan fingerprint density at radius 3 is 2.20 bits per heavy atom. The van der Waals surface area contributed by atoms with Gasteiger partial charge in [0.15, 0.2) is 0 Å². The van der Waals surface area contributed by atoms with Crippen molar-refractivity contribution in [2.45, 2.75) is 6.54 Å². The van der Waals surface area contributed by atoms with Crippen LogP contribution in [0.5, 0.6) is 0 Å². The van der Waals surface area contributed by atoms with Crippen LogP contribution in [0.1, 0.15) is 5.69 Å². The standard InChI is InChI=1S/C17H11F2N5S/c18-13-5-1-11(2-6-13)16-21-23-24(22-16)9-15-10-25-17(20-15)12-3-7-14(19)8-4-12/h1-8,10H,9H2. The summed E-state index contributed by atoms with van der Waals surface area (Å²) in [6.45, 7) is 0.367. The van der Waals surface area contributed by atoms with Crippen LogP contribution in [-0.2, 0) is 6.54 Å². The van der Waals surface area contributed by atoms with Crippen LogP contribution in [0, 0.1) is 11.6 Å². The summed E-state index contributed by atoms with van der Waals surface area (Å²) in [5, 5.41) is 15.0. The van der Waals surface area contributed by atoms with Gasteiger partial charge in [0.2, 0.25) is 5.82 Å². The molecule has 0 aliphatic carbocycles. The van der Waals surface area contributed by atoms with Gasteiger partial charge in [0.25, 0.3) is 0 Å². The highest BCUT2D eigenvalue weighted by Gasteiger charge is 2.09. The molecule has 0 aliphatic rings. The number of thiazole rings is 1. The minimum atomic E-state index is -0.313. The highest BCUT2D eigenvalue weighted by Crippen LogP contribution is 2.24. The fourth-order valence-electron chi connectivity index (χ4n) is 2.27. The first kappa shape index (κ1) is 15.5. The molecule has 5 nitrogen and oxygen atoms in total. The smallest absolute Gasteiger partial charge is 0.204 e. The second-order valence-corrected chi connectivity index (χ2v) is 6.16. The summed E-state index contributed by atoms with van der Waals surface area (Å²) in [4.78, 5) is 5.95. The van der Waals surface area contributed by atoms with Crippen LogP contribution < -0.4 is 0 Å². The molecule has 25 heavy (non-hydrogen) atoms. The minimum absolute atomic E-state index is 0.277. The summed E-state index contributed by atoms with van der Waals surface area (Å²) < 4.78 is 26.0. The van der Waals surface area contributed by atoms with Crippen LogP contribution >= 0.6 is 11.3 Å². The number of hydrogen-bond acceptors (Lipinski definition) is 5. The van der Waals surface area contributed by atoms with Gasteiger partial charge < -0.3 is 0 Å². The molecule has 0 radical (unpaired) electrons. The van der Waals surface area contributed by atoms with Gasteiger partial charge in [-0.3, -0.25) is 0 Å². The zero-order chi connectivity index (χ0) is 17.2. The minimum Gasteiger partial charge on any atom is -0.239 e. The second-order valence-electron chi connectivity index (χ2n) is 5.30. The molecule has 124 valence electrons. The van der Waals surface area contributed by atoms with Crippen molar-refractivity contribution in [2.75, 3.05) is 0 Å². The predicted octanol–water partition coefficient (Wildman–Crippen LogP) is 3.79. The van der Waals surface area contributed by atoms with Gasteiger partial charge in [-0.05, 0) is 53.7 Å². The van der Waals surface area contributed by atoms with Crippen LogP contribution in [0.25, 0.3) is 22.0 Å². The van der Waals surface area contributed by atoms with Crippen molar-refractivity contribution in [1.82, 2.24) is 25.2 Å². The molecule has 8 heteroatoms. The van der Waals surface area contributed by atoms with Gasteiger partial charge in [-0.1, -0.05) is 0 Å². The fraction of sp³-hybridized carbons (Fsp3) is 0.0588. The number of halogens is 2. The molecule has 4 rings (SSSR count). The van der Waals surface area contributed by atoms with Crippen molar-refractivity contribution in [1.29, 1.82) is 0 Å².